The van der Waals surface area contributed by atoms with Crippen molar-refractivity contribution in [3.63, 3.8) is 0 Å². The zero-order valence-corrected chi connectivity index (χ0v) is 7.82. The molecule has 0 saturated carbocycles. The van der Waals surface area contributed by atoms with Crippen LogP contribution in [0.3, 0.4) is 0 Å². The van der Waals surface area contributed by atoms with Gasteiger partial charge in [-0.25, -0.2) is 0 Å². The topological polar surface area (TPSA) is 29.5 Å². The van der Waals surface area contributed by atoms with Gasteiger partial charge in [0, 0.05) is 11.8 Å². The summed E-state index contributed by atoms with van der Waals surface area (Å²) in [7, 11) is 0. The van der Waals surface area contributed by atoms with E-state index in [1.54, 1.807) is 0 Å². The molecule has 0 spiro atoms. The molecule has 12 heavy (non-hydrogen) atoms. The van der Waals surface area contributed by atoms with Crippen LogP contribution in [-0.4, -0.2) is 22.9 Å². The van der Waals surface area contributed by atoms with Crippen molar-refractivity contribution in [1.82, 2.24) is 0 Å². The molecule has 0 aromatic heterocycles. The van der Waals surface area contributed by atoms with Gasteiger partial charge < -0.3 is 9.84 Å². The first-order valence-corrected chi connectivity index (χ1v) is 4.59. The van der Waals surface area contributed by atoms with Crippen LogP contribution in [0.1, 0.15) is 20.8 Å². The summed E-state index contributed by atoms with van der Waals surface area (Å²) < 4.78 is 5.69. The first-order chi connectivity index (χ1) is 5.53. The Hall–Kier alpha value is -0.340. The minimum Gasteiger partial charge on any atom is -0.389 e. The van der Waals surface area contributed by atoms with Crippen LogP contribution in [0.25, 0.3) is 0 Å². The van der Waals surface area contributed by atoms with Crippen molar-refractivity contribution < 1.29 is 9.84 Å². The molecule has 2 aliphatic heterocycles. The molecule has 0 aromatic rings. The average Bonchev–Trinajstić information content (AvgIpc) is 2.45. The third-order valence-corrected chi connectivity index (χ3v) is 3.63. The number of ether oxygens (including phenoxy) is 1. The zero-order chi connectivity index (χ0) is 8.93. The minimum absolute atomic E-state index is 0.126. The molecule has 2 nitrogen and oxygen atoms in total. The second-order valence-electron chi connectivity index (χ2n) is 4.25. The van der Waals surface area contributed by atoms with E-state index in [9.17, 15) is 5.11 Å². The maximum atomic E-state index is 10.2. The summed E-state index contributed by atoms with van der Waals surface area (Å²) in [6.45, 7) is 6.01. The van der Waals surface area contributed by atoms with Crippen molar-refractivity contribution in [2.24, 2.45) is 11.8 Å². The van der Waals surface area contributed by atoms with Gasteiger partial charge in [-0.15, -0.1) is 0 Å². The van der Waals surface area contributed by atoms with Crippen LogP contribution in [0.4, 0.5) is 0 Å². The van der Waals surface area contributed by atoms with Gasteiger partial charge in [-0.2, -0.15) is 0 Å². The predicted octanol–water partition coefficient (Wildman–Crippen LogP) is 1.35. The maximum Gasteiger partial charge on any atom is 0.0817 e. The van der Waals surface area contributed by atoms with Gasteiger partial charge in [-0.1, -0.05) is 26.0 Å². The van der Waals surface area contributed by atoms with Crippen LogP contribution in [0.5, 0.6) is 0 Å². The smallest absolute Gasteiger partial charge is 0.0817 e. The molecule has 5 atom stereocenters. The minimum atomic E-state index is -0.586. The summed E-state index contributed by atoms with van der Waals surface area (Å²) in [5.41, 5.74) is -0.586. The van der Waals surface area contributed by atoms with Crippen LogP contribution in [-0.2, 0) is 4.74 Å². The zero-order valence-electron chi connectivity index (χ0n) is 7.82. The van der Waals surface area contributed by atoms with Crippen LogP contribution >= 0.6 is 0 Å². The van der Waals surface area contributed by atoms with E-state index < -0.39 is 5.60 Å². The van der Waals surface area contributed by atoms with Crippen LogP contribution in [0, 0.1) is 11.8 Å². The summed E-state index contributed by atoms with van der Waals surface area (Å²) >= 11 is 0. The molecule has 0 aromatic carbocycles. The highest BCUT2D eigenvalue weighted by molar-refractivity contribution is 5.14. The molecule has 0 aliphatic carbocycles. The Bertz CT molecular complexity index is 200. The van der Waals surface area contributed by atoms with Crippen LogP contribution in [0.2, 0.25) is 0 Å². The highest BCUT2D eigenvalue weighted by Gasteiger charge is 2.49. The van der Waals surface area contributed by atoms with Crippen molar-refractivity contribution in [3.8, 4) is 0 Å². The Balaban J connectivity index is 2.31. The lowest BCUT2D eigenvalue weighted by Crippen LogP contribution is -2.53. The molecule has 1 saturated heterocycles. The highest BCUT2D eigenvalue weighted by Crippen LogP contribution is 2.42. The third kappa shape index (κ3) is 0.882. The van der Waals surface area contributed by atoms with Gasteiger partial charge in [-0.05, 0) is 6.92 Å². The molecule has 0 unspecified atom stereocenters. The van der Waals surface area contributed by atoms with Crippen molar-refractivity contribution in [3.05, 3.63) is 12.2 Å². The first-order valence-electron chi connectivity index (χ1n) is 4.59. The number of aliphatic hydroxyl groups is 1. The Labute approximate surface area is 73.2 Å². The fraction of sp³-hybridized carbons (Fsp3) is 0.800. The third-order valence-electron chi connectivity index (χ3n) is 3.63. The molecule has 2 bridgehead atoms. The van der Waals surface area contributed by atoms with Gasteiger partial charge in [0.2, 0.25) is 0 Å². The Kier molecular flexibility index (Phi) is 1.61. The lowest BCUT2D eigenvalue weighted by Gasteiger charge is -2.44. The molecule has 0 amide bonds. The van der Waals surface area contributed by atoms with E-state index in [2.05, 4.69) is 12.2 Å². The second kappa shape index (κ2) is 2.33. The van der Waals surface area contributed by atoms with Crippen molar-refractivity contribution in [2.75, 3.05) is 0 Å². The molecule has 1 fully saturated rings. The fourth-order valence-corrected chi connectivity index (χ4v) is 2.14. The van der Waals surface area contributed by atoms with Crippen molar-refractivity contribution in [1.29, 1.82) is 0 Å². The number of fused-ring (bicyclic) bond motifs is 2. The van der Waals surface area contributed by atoms with Gasteiger partial charge in [0.05, 0.1) is 17.8 Å². The van der Waals surface area contributed by atoms with E-state index in [-0.39, 0.29) is 24.0 Å². The van der Waals surface area contributed by atoms with Crippen LogP contribution < -0.4 is 0 Å². The summed E-state index contributed by atoms with van der Waals surface area (Å²) in [6.07, 6.45) is 4.41. The lowest BCUT2D eigenvalue weighted by atomic mass is 9.75. The molecule has 2 heteroatoms. The first kappa shape index (κ1) is 8.27. The van der Waals surface area contributed by atoms with E-state index in [1.807, 2.05) is 20.8 Å². The highest BCUT2D eigenvalue weighted by atomic mass is 16.5. The molecule has 1 N–H and O–H groups in total. The second-order valence-corrected chi connectivity index (χ2v) is 4.25. The average molecular weight is 168 g/mol. The molecular weight excluding hydrogens is 152 g/mol. The monoisotopic (exact) mass is 168 g/mol. The summed E-state index contributed by atoms with van der Waals surface area (Å²) in [5, 5.41) is 10.2. The van der Waals surface area contributed by atoms with Gasteiger partial charge >= 0.3 is 0 Å². The fourth-order valence-electron chi connectivity index (χ4n) is 2.14. The Morgan fingerprint density at radius 1 is 1.17 bits per heavy atom. The Morgan fingerprint density at radius 3 is 2.00 bits per heavy atom. The standard InChI is InChI=1S/C10H16O2/c1-6-8-4-5-9(12-8)7(2)10(6,3)11/h4-9,11H,1-3H3/t6-,7+,8+,9-,10-. The van der Waals surface area contributed by atoms with E-state index >= 15 is 0 Å². The van der Waals surface area contributed by atoms with Crippen molar-refractivity contribution >= 4 is 0 Å². The Morgan fingerprint density at radius 2 is 1.58 bits per heavy atom. The van der Waals surface area contributed by atoms with Crippen LogP contribution in [0.15, 0.2) is 12.2 Å². The summed E-state index contributed by atoms with van der Waals surface area (Å²) in [5.74, 6) is 0.394. The molecular formula is C10H16O2. The normalized spacial score (nSPS) is 57.7. The summed E-state index contributed by atoms with van der Waals surface area (Å²) in [4.78, 5) is 0. The van der Waals surface area contributed by atoms with Crippen molar-refractivity contribution in [2.45, 2.75) is 38.6 Å². The van der Waals surface area contributed by atoms with E-state index in [1.165, 1.54) is 0 Å². The van der Waals surface area contributed by atoms with Gasteiger partial charge in [-0.3, -0.25) is 0 Å². The number of hydrogen-bond acceptors (Lipinski definition) is 2. The molecule has 2 aliphatic rings. The predicted molar refractivity (Wildman–Crippen MR) is 46.8 cm³/mol. The summed E-state index contributed by atoms with van der Waals surface area (Å²) in [6, 6.07) is 0. The lowest BCUT2D eigenvalue weighted by molar-refractivity contribution is -0.171. The van der Waals surface area contributed by atoms with Gasteiger partial charge in [0.25, 0.3) is 0 Å². The number of hydrogen-bond donors (Lipinski definition) is 1. The molecule has 2 heterocycles. The largest absolute Gasteiger partial charge is 0.389 e. The van der Waals surface area contributed by atoms with Gasteiger partial charge in [0.15, 0.2) is 0 Å². The quantitative estimate of drug-likeness (QED) is 0.553. The molecule has 2 rings (SSSR count). The van der Waals surface area contributed by atoms with E-state index in [0.717, 1.165) is 0 Å². The maximum absolute atomic E-state index is 10.2. The molecule has 68 valence electrons. The SMILES string of the molecule is C[C@@H]1[C@@H]2C=C[C@@H](O2)[C@H](C)[C@]1(C)O. The number of rotatable bonds is 0. The van der Waals surface area contributed by atoms with Gasteiger partial charge in [0.1, 0.15) is 0 Å². The van der Waals surface area contributed by atoms with E-state index in [4.69, 9.17) is 4.74 Å². The molecule has 0 radical (unpaired) electrons. The van der Waals surface area contributed by atoms with E-state index in [0.29, 0.717) is 0 Å².